The molecule has 2 nitrogen and oxygen atoms in total. The summed E-state index contributed by atoms with van der Waals surface area (Å²) in [5.41, 5.74) is 1.54. The second-order valence-corrected chi connectivity index (χ2v) is 3.96. The molecule has 0 bridgehead atoms. The van der Waals surface area contributed by atoms with Gasteiger partial charge in [-0.15, -0.1) is 0 Å². The van der Waals surface area contributed by atoms with E-state index >= 15 is 0 Å². The molecular weight excluding hydrogens is 193 g/mol. The fraction of sp³-hybridized carbons (Fsp3) is 0.417. The number of Topliss-reactive ketones (excluding diaryl/α,β-unsaturated/α-hetero) is 1. The summed E-state index contributed by atoms with van der Waals surface area (Å²) in [7, 11) is 0. The predicted octanol–water partition coefficient (Wildman–Crippen LogP) is 2.30. The number of hydrogen-bond donors (Lipinski definition) is 0. The molecule has 0 aliphatic carbocycles. The van der Waals surface area contributed by atoms with Crippen LogP contribution in [-0.4, -0.2) is 18.9 Å². The molecule has 1 heterocycles. The van der Waals surface area contributed by atoms with E-state index in [0.717, 1.165) is 5.69 Å². The van der Waals surface area contributed by atoms with Crippen molar-refractivity contribution in [1.82, 2.24) is 0 Å². The van der Waals surface area contributed by atoms with Crippen molar-refractivity contribution in [3.63, 3.8) is 0 Å². The van der Waals surface area contributed by atoms with Gasteiger partial charge in [0.05, 0.1) is 0 Å². The second kappa shape index (κ2) is 4.01. The molecule has 0 spiro atoms. The molecule has 15 heavy (non-hydrogen) atoms. The van der Waals surface area contributed by atoms with E-state index in [1.165, 1.54) is 0 Å². The van der Waals surface area contributed by atoms with E-state index in [1.54, 1.807) is 19.1 Å². The van der Waals surface area contributed by atoms with Gasteiger partial charge in [-0.05, 0) is 24.6 Å². The van der Waals surface area contributed by atoms with Crippen LogP contribution in [-0.2, 0) is 4.79 Å². The molecule has 1 aliphatic heterocycles. The largest absolute Gasteiger partial charge is 0.371 e. The molecule has 1 aliphatic rings. The molecule has 3 heteroatoms. The van der Waals surface area contributed by atoms with Gasteiger partial charge in [0.2, 0.25) is 0 Å². The Bertz CT molecular complexity index is 379. The lowest BCUT2D eigenvalue weighted by Gasteiger charge is -2.28. The summed E-state index contributed by atoms with van der Waals surface area (Å²) in [6, 6.07) is 5.24. The van der Waals surface area contributed by atoms with Gasteiger partial charge >= 0.3 is 0 Å². The van der Waals surface area contributed by atoms with Crippen LogP contribution in [0.2, 0.25) is 0 Å². The van der Waals surface area contributed by atoms with Crippen LogP contribution in [0.15, 0.2) is 18.2 Å². The van der Waals surface area contributed by atoms with Crippen LogP contribution in [0.4, 0.5) is 10.1 Å². The summed E-state index contributed by atoms with van der Waals surface area (Å²) in [5, 5.41) is 0. The van der Waals surface area contributed by atoms with Gasteiger partial charge in [-0.25, -0.2) is 4.39 Å². The highest BCUT2D eigenvalue weighted by Gasteiger charge is 2.16. The Labute approximate surface area is 88.7 Å². The predicted molar refractivity (Wildman–Crippen MR) is 57.6 cm³/mol. The van der Waals surface area contributed by atoms with Gasteiger partial charge in [0, 0.05) is 31.6 Å². The Hall–Kier alpha value is -1.38. The maximum absolute atomic E-state index is 13.3. The van der Waals surface area contributed by atoms with Gasteiger partial charge in [-0.2, -0.15) is 0 Å². The average molecular weight is 207 g/mol. The summed E-state index contributed by atoms with van der Waals surface area (Å²) in [6.45, 7) is 3.17. The Morgan fingerprint density at radius 3 is 2.53 bits per heavy atom. The number of piperidine rings is 1. The zero-order valence-corrected chi connectivity index (χ0v) is 8.79. The number of aryl methyl sites for hydroxylation is 1. The minimum absolute atomic E-state index is 0.176. The topological polar surface area (TPSA) is 20.3 Å². The molecule has 0 amide bonds. The molecular formula is C12H14FNO. The number of carbonyl (C=O) groups is 1. The molecule has 0 saturated carbocycles. The quantitative estimate of drug-likeness (QED) is 0.704. The molecule has 0 radical (unpaired) electrons. The number of hydrogen-bond acceptors (Lipinski definition) is 2. The molecule has 80 valence electrons. The van der Waals surface area contributed by atoms with Crippen LogP contribution in [0.3, 0.4) is 0 Å². The first kappa shape index (κ1) is 10.1. The van der Waals surface area contributed by atoms with E-state index in [4.69, 9.17) is 0 Å². The van der Waals surface area contributed by atoms with E-state index in [0.29, 0.717) is 37.3 Å². The van der Waals surface area contributed by atoms with Gasteiger partial charge in [-0.3, -0.25) is 4.79 Å². The van der Waals surface area contributed by atoms with Crippen molar-refractivity contribution in [1.29, 1.82) is 0 Å². The molecule has 1 aromatic rings. The van der Waals surface area contributed by atoms with Crippen molar-refractivity contribution in [3.05, 3.63) is 29.6 Å². The SMILES string of the molecule is Cc1ccc(N2CCC(=O)CC2)cc1F. The third-order valence-corrected chi connectivity index (χ3v) is 2.84. The van der Waals surface area contributed by atoms with Gasteiger partial charge < -0.3 is 4.90 Å². The molecule has 1 fully saturated rings. The Kier molecular flexibility index (Phi) is 2.71. The zero-order valence-electron chi connectivity index (χ0n) is 8.79. The summed E-state index contributed by atoms with van der Waals surface area (Å²) >= 11 is 0. The first-order valence-corrected chi connectivity index (χ1v) is 5.19. The van der Waals surface area contributed by atoms with E-state index in [9.17, 15) is 9.18 Å². The fourth-order valence-electron chi connectivity index (χ4n) is 1.79. The normalized spacial score (nSPS) is 16.9. The van der Waals surface area contributed by atoms with Crippen LogP contribution in [0.5, 0.6) is 0 Å². The van der Waals surface area contributed by atoms with E-state index in [2.05, 4.69) is 4.90 Å². The van der Waals surface area contributed by atoms with Gasteiger partial charge in [0.15, 0.2) is 0 Å². The molecule has 0 N–H and O–H groups in total. The van der Waals surface area contributed by atoms with Crippen molar-refractivity contribution in [2.45, 2.75) is 19.8 Å². The molecule has 1 saturated heterocycles. The van der Waals surface area contributed by atoms with Crippen molar-refractivity contribution in [2.75, 3.05) is 18.0 Å². The first-order valence-electron chi connectivity index (χ1n) is 5.19. The average Bonchev–Trinajstić information content (AvgIpc) is 2.23. The Morgan fingerprint density at radius 2 is 1.93 bits per heavy atom. The highest BCUT2D eigenvalue weighted by atomic mass is 19.1. The van der Waals surface area contributed by atoms with Crippen LogP contribution in [0.1, 0.15) is 18.4 Å². The molecule has 2 rings (SSSR count). The number of carbonyl (C=O) groups excluding carboxylic acids is 1. The number of nitrogens with zero attached hydrogens (tertiary/aromatic N) is 1. The third-order valence-electron chi connectivity index (χ3n) is 2.84. The van der Waals surface area contributed by atoms with Crippen molar-refractivity contribution in [3.8, 4) is 0 Å². The van der Waals surface area contributed by atoms with Gasteiger partial charge in [-0.1, -0.05) is 6.07 Å². The number of anilines is 1. The van der Waals surface area contributed by atoms with E-state index < -0.39 is 0 Å². The van der Waals surface area contributed by atoms with Crippen LogP contribution >= 0.6 is 0 Å². The van der Waals surface area contributed by atoms with Crippen molar-refractivity contribution >= 4 is 11.5 Å². The first-order chi connectivity index (χ1) is 7.16. The summed E-state index contributed by atoms with van der Waals surface area (Å²) in [4.78, 5) is 13.1. The summed E-state index contributed by atoms with van der Waals surface area (Å²) in [5.74, 6) is 0.128. The van der Waals surface area contributed by atoms with Gasteiger partial charge in [0.25, 0.3) is 0 Å². The maximum atomic E-state index is 13.3. The molecule has 0 aromatic heterocycles. The lowest BCUT2D eigenvalue weighted by atomic mass is 10.1. The van der Waals surface area contributed by atoms with Crippen LogP contribution in [0, 0.1) is 12.7 Å². The highest BCUT2D eigenvalue weighted by molar-refractivity contribution is 5.81. The second-order valence-electron chi connectivity index (χ2n) is 3.96. The standard InChI is InChI=1S/C12H14FNO/c1-9-2-3-10(8-12(9)13)14-6-4-11(15)5-7-14/h2-3,8H,4-7H2,1H3. The lowest BCUT2D eigenvalue weighted by Crippen LogP contribution is -2.33. The maximum Gasteiger partial charge on any atom is 0.136 e. The Balaban J connectivity index is 2.16. The summed E-state index contributed by atoms with van der Waals surface area (Å²) in [6.07, 6.45) is 1.16. The smallest absolute Gasteiger partial charge is 0.136 e. The number of ketones is 1. The minimum atomic E-state index is -0.176. The molecule has 0 atom stereocenters. The lowest BCUT2D eigenvalue weighted by molar-refractivity contribution is -0.119. The number of halogens is 1. The minimum Gasteiger partial charge on any atom is -0.371 e. The van der Waals surface area contributed by atoms with Crippen LogP contribution < -0.4 is 4.90 Å². The monoisotopic (exact) mass is 207 g/mol. The van der Waals surface area contributed by atoms with Crippen molar-refractivity contribution in [2.24, 2.45) is 0 Å². The molecule has 0 unspecified atom stereocenters. The zero-order chi connectivity index (χ0) is 10.8. The fourth-order valence-corrected chi connectivity index (χ4v) is 1.79. The highest BCUT2D eigenvalue weighted by Crippen LogP contribution is 2.20. The molecule has 1 aromatic carbocycles. The summed E-state index contributed by atoms with van der Waals surface area (Å²) < 4.78 is 13.3. The number of rotatable bonds is 1. The van der Waals surface area contributed by atoms with Crippen LogP contribution in [0.25, 0.3) is 0 Å². The van der Waals surface area contributed by atoms with Gasteiger partial charge in [0.1, 0.15) is 11.6 Å². The number of benzene rings is 1. The Morgan fingerprint density at radius 1 is 1.27 bits per heavy atom. The van der Waals surface area contributed by atoms with E-state index in [-0.39, 0.29) is 5.82 Å². The van der Waals surface area contributed by atoms with E-state index in [1.807, 2.05) is 6.07 Å². The van der Waals surface area contributed by atoms with Crippen molar-refractivity contribution < 1.29 is 9.18 Å². The third kappa shape index (κ3) is 2.17.